The predicted molar refractivity (Wildman–Crippen MR) is 129 cm³/mol. The number of anilines is 1. The van der Waals surface area contributed by atoms with E-state index in [2.05, 4.69) is 15.6 Å². The molecule has 10 nitrogen and oxygen atoms in total. The first-order chi connectivity index (χ1) is 16.2. The zero-order chi connectivity index (χ0) is 24.4. The molecule has 1 fully saturated rings. The van der Waals surface area contributed by atoms with E-state index < -0.39 is 11.2 Å². The number of hydrogen-bond acceptors (Lipinski definition) is 5. The molecule has 0 aliphatic carbocycles. The van der Waals surface area contributed by atoms with Gasteiger partial charge in [-0.2, -0.15) is 0 Å². The molecule has 4 rings (SSSR count). The first kappa shape index (κ1) is 23.2. The number of rotatable bonds is 4. The summed E-state index contributed by atoms with van der Waals surface area (Å²) in [5, 5.41) is 5.97. The summed E-state index contributed by atoms with van der Waals surface area (Å²) < 4.78 is 2.28. The molecule has 3 aromatic rings. The minimum absolute atomic E-state index is 0.110. The van der Waals surface area contributed by atoms with Crippen molar-refractivity contribution in [3.63, 3.8) is 0 Å². The van der Waals surface area contributed by atoms with Gasteiger partial charge in [0.2, 0.25) is 0 Å². The number of hydrogen-bond donors (Lipinski definition) is 2. The molecular formula is C24H28N6O4. The topological polar surface area (TPSA) is 118 Å². The Balaban J connectivity index is 1.41. The van der Waals surface area contributed by atoms with E-state index in [4.69, 9.17) is 0 Å². The van der Waals surface area contributed by atoms with Crippen LogP contribution in [0.25, 0.3) is 11.0 Å². The number of fused-ring (bicyclic) bond motifs is 1. The summed E-state index contributed by atoms with van der Waals surface area (Å²) in [6.07, 6.45) is 1.70. The molecule has 178 valence electrons. The molecule has 0 radical (unpaired) electrons. The number of piperidine rings is 1. The van der Waals surface area contributed by atoms with Crippen LogP contribution in [-0.2, 0) is 14.1 Å². The number of pyridine rings is 1. The average molecular weight is 465 g/mol. The zero-order valence-electron chi connectivity index (χ0n) is 19.5. The Labute approximate surface area is 196 Å². The number of nitrogens with one attached hydrogen (secondary N) is 2. The number of benzene rings is 1. The van der Waals surface area contributed by atoms with E-state index in [1.807, 2.05) is 31.2 Å². The number of likely N-dealkylation sites (tertiary alicyclic amines) is 1. The van der Waals surface area contributed by atoms with E-state index in [1.165, 1.54) is 30.8 Å². The van der Waals surface area contributed by atoms with Crippen LogP contribution in [0.15, 0.2) is 46.0 Å². The van der Waals surface area contributed by atoms with Gasteiger partial charge in [0.05, 0.1) is 5.39 Å². The van der Waals surface area contributed by atoms with Gasteiger partial charge in [-0.15, -0.1) is 0 Å². The molecule has 0 bridgehead atoms. The quantitative estimate of drug-likeness (QED) is 0.608. The lowest BCUT2D eigenvalue weighted by Crippen LogP contribution is -2.44. The lowest BCUT2D eigenvalue weighted by Gasteiger charge is -2.32. The molecule has 2 aromatic heterocycles. The van der Waals surface area contributed by atoms with Crippen LogP contribution in [0, 0.1) is 12.8 Å². The van der Waals surface area contributed by atoms with Gasteiger partial charge in [-0.3, -0.25) is 18.7 Å². The summed E-state index contributed by atoms with van der Waals surface area (Å²) in [5.74, 6) is -0.151. The molecule has 2 N–H and O–H groups in total. The van der Waals surface area contributed by atoms with Crippen molar-refractivity contribution in [1.82, 2.24) is 24.3 Å². The van der Waals surface area contributed by atoms with Crippen LogP contribution in [-0.4, -0.2) is 50.6 Å². The first-order valence-electron chi connectivity index (χ1n) is 11.2. The van der Waals surface area contributed by atoms with Crippen LogP contribution in [0.2, 0.25) is 0 Å². The van der Waals surface area contributed by atoms with E-state index in [1.54, 1.807) is 4.90 Å². The smallest absolute Gasteiger partial charge is 0.332 e. The number of urea groups is 1. The fraction of sp³-hybridized carbons (Fsp3) is 0.375. The molecule has 1 aromatic carbocycles. The highest BCUT2D eigenvalue weighted by Crippen LogP contribution is 2.18. The van der Waals surface area contributed by atoms with E-state index in [9.17, 15) is 19.2 Å². The van der Waals surface area contributed by atoms with Crippen molar-refractivity contribution in [3.8, 4) is 0 Å². The van der Waals surface area contributed by atoms with E-state index in [-0.39, 0.29) is 34.6 Å². The molecule has 0 saturated carbocycles. The predicted octanol–water partition coefficient (Wildman–Crippen LogP) is 1.61. The van der Waals surface area contributed by atoms with E-state index in [0.29, 0.717) is 19.6 Å². The molecule has 3 heterocycles. The van der Waals surface area contributed by atoms with Crippen LogP contribution in [0.1, 0.15) is 28.9 Å². The van der Waals surface area contributed by atoms with Gasteiger partial charge in [-0.25, -0.2) is 14.6 Å². The van der Waals surface area contributed by atoms with Crippen LogP contribution in [0.5, 0.6) is 0 Å². The average Bonchev–Trinajstić information content (AvgIpc) is 2.85. The Kier molecular flexibility index (Phi) is 6.49. The monoisotopic (exact) mass is 464 g/mol. The number of amides is 3. The molecule has 10 heteroatoms. The molecule has 1 saturated heterocycles. The third kappa shape index (κ3) is 4.70. The fourth-order valence-corrected chi connectivity index (χ4v) is 4.20. The number of aromatic nitrogens is 3. The Bertz CT molecular complexity index is 1360. The molecule has 1 atom stereocenters. The second kappa shape index (κ2) is 9.50. The minimum Gasteiger partial charge on any atom is -0.338 e. The molecule has 3 amide bonds. The molecule has 1 aliphatic heterocycles. The maximum absolute atomic E-state index is 13.1. The molecule has 34 heavy (non-hydrogen) atoms. The second-order valence-corrected chi connectivity index (χ2v) is 8.73. The van der Waals surface area contributed by atoms with Crippen molar-refractivity contribution in [3.05, 3.63) is 68.5 Å². The lowest BCUT2D eigenvalue weighted by molar-refractivity contribution is 0.0669. The lowest BCUT2D eigenvalue weighted by atomic mass is 9.97. The number of carbonyl (C=O) groups excluding carboxylic acids is 2. The maximum Gasteiger partial charge on any atom is 0.332 e. The maximum atomic E-state index is 13.1. The van der Waals surface area contributed by atoms with Crippen LogP contribution in [0.4, 0.5) is 10.5 Å². The Hall–Kier alpha value is -3.95. The zero-order valence-corrected chi connectivity index (χ0v) is 19.5. The van der Waals surface area contributed by atoms with Crippen molar-refractivity contribution >= 4 is 28.7 Å². The van der Waals surface area contributed by atoms with Crippen LogP contribution < -0.4 is 21.9 Å². The number of aryl methyl sites for hydroxylation is 2. The normalized spacial score (nSPS) is 15.9. The Morgan fingerprint density at radius 1 is 1.06 bits per heavy atom. The minimum atomic E-state index is -0.498. The number of nitrogens with zero attached hydrogens (tertiary/aromatic N) is 4. The molecule has 0 spiro atoms. The van der Waals surface area contributed by atoms with E-state index in [0.717, 1.165) is 28.7 Å². The fourth-order valence-electron chi connectivity index (χ4n) is 4.20. The van der Waals surface area contributed by atoms with Gasteiger partial charge in [-0.05, 0) is 49.9 Å². The number of carbonyl (C=O) groups is 2. The highest BCUT2D eigenvalue weighted by molar-refractivity contribution is 5.94. The standard InChI is InChI=1S/C24H28N6O4/c1-15-6-8-17(9-7-15)26-23(33)25-13-16-5-4-12-30(14-16)22(32)19-11-10-18-20(27-19)28(2)24(34)29(3)21(18)31/h6-11,16H,4-5,12-14H2,1-3H3,(H2,25,26,33). The van der Waals surface area contributed by atoms with Crippen LogP contribution >= 0.6 is 0 Å². The Morgan fingerprint density at radius 2 is 1.79 bits per heavy atom. The van der Waals surface area contributed by atoms with E-state index >= 15 is 0 Å². The SMILES string of the molecule is Cc1ccc(NC(=O)NCC2CCCN(C(=O)c3ccc4c(=O)n(C)c(=O)n(C)c4n3)C2)cc1. The first-order valence-corrected chi connectivity index (χ1v) is 11.2. The highest BCUT2D eigenvalue weighted by atomic mass is 16.2. The molecular weight excluding hydrogens is 436 g/mol. The molecule has 1 unspecified atom stereocenters. The summed E-state index contributed by atoms with van der Waals surface area (Å²) in [6, 6.07) is 10.3. The third-order valence-electron chi connectivity index (χ3n) is 6.19. The van der Waals surface area contributed by atoms with Gasteiger partial charge in [-0.1, -0.05) is 17.7 Å². The van der Waals surface area contributed by atoms with Crippen LogP contribution in [0.3, 0.4) is 0 Å². The van der Waals surface area contributed by atoms with Gasteiger partial charge < -0.3 is 15.5 Å². The largest absolute Gasteiger partial charge is 0.338 e. The van der Waals surface area contributed by atoms with Crippen molar-refractivity contribution in [1.29, 1.82) is 0 Å². The van der Waals surface area contributed by atoms with Gasteiger partial charge in [0.15, 0.2) is 0 Å². The van der Waals surface area contributed by atoms with Crippen molar-refractivity contribution < 1.29 is 9.59 Å². The summed E-state index contributed by atoms with van der Waals surface area (Å²) in [4.78, 5) is 56.0. The Morgan fingerprint density at radius 3 is 2.53 bits per heavy atom. The van der Waals surface area contributed by atoms with Crippen molar-refractivity contribution in [2.24, 2.45) is 20.0 Å². The summed E-state index contributed by atoms with van der Waals surface area (Å²) >= 11 is 0. The van der Waals surface area contributed by atoms with Crippen molar-refractivity contribution in [2.45, 2.75) is 19.8 Å². The van der Waals surface area contributed by atoms with Gasteiger partial charge in [0.25, 0.3) is 11.5 Å². The second-order valence-electron chi connectivity index (χ2n) is 8.73. The molecule has 1 aliphatic rings. The van der Waals surface area contributed by atoms with Gasteiger partial charge >= 0.3 is 11.7 Å². The third-order valence-corrected chi connectivity index (χ3v) is 6.19. The highest BCUT2D eigenvalue weighted by Gasteiger charge is 2.26. The summed E-state index contributed by atoms with van der Waals surface area (Å²) in [7, 11) is 2.93. The van der Waals surface area contributed by atoms with Crippen molar-refractivity contribution in [2.75, 3.05) is 25.0 Å². The summed E-state index contributed by atoms with van der Waals surface area (Å²) in [5.41, 5.74) is 1.25. The van der Waals surface area contributed by atoms with Gasteiger partial charge in [0, 0.05) is 39.4 Å². The van der Waals surface area contributed by atoms with Gasteiger partial charge in [0.1, 0.15) is 11.3 Å². The summed E-state index contributed by atoms with van der Waals surface area (Å²) in [6.45, 7) is 3.49.